The van der Waals surface area contributed by atoms with Gasteiger partial charge in [-0.1, -0.05) is 5.16 Å². The minimum atomic E-state index is 0.0547. The maximum absolute atomic E-state index is 5.71. The molecule has 9 heteroatoms. The van der Waals surface area contributed by atoms with Crippen molar-refractivity contribution in [1.82, 2.24) is 25.1 Å². The molecule has 0 aliphatic carbocycles. The van der Waals surface area contributed by atoms with E-state index in [2.05, 4.69) is 34.9 Å². The van der Waals surface area contributed by atoms with Crippen LogP contribution in [0.15, 0.2) is 10.9 Å². The number of nitrogens with one attached hydrogen (secondary N) is 1. The van der Waals surface area contributed by atoms with Gasteiger partial charge in [0, 0.05) is 0 Å². The molecule has 0 radical (unpaired) electrons. The number of rotatable bonds is 5. The zero-order valence-electron chi connectivity index (χ0n) is 8.92. The molecule has 1 N–H and O–H groups in total. The number of aromatic nitrogens is 5. The van der Waals surface area contributed by atoms with Gasteiger partial charge < -0.3 is 14.6 Å². The molecule has 17 heavy (non-hydrogen) atoms. The van der Waals surface area contributed by atoms with Crippen LogP contribution in [0.1, 0.15) is 12.7 Å². The molecular formula is C8H9ClN6O2. The molecule has 2 aromatic heterocycles. The summed E-state index contributed by atoms with van der Waals surface area (Å²) in [5.41, 5.74) is 0. The van der Waals surface area contributed by atoms with E-state index in [1.165, 1.54) is 6.39 Å². The van der Waals surface area contributed by atoms with Gasteiger partial charge in [-0.15, -0.1) is 0 Å². The van der Waals surface area contributed by atoms with Crippen molar-refractivity contribution in [2.75, 3.05) is 11.9 Å². The van der Waals surface area contributed by atoms with Crippen molar-refractivity contribution in [1.29, 1.82) is 0 Å². The molecule has 2 rings (SSSR count). The summed E-state index contributed by atoms with van der Waals surface area (Å²) >= 11 is 5.71. The van der Waals surface area contributed by atoms with Gasteiger partial charge in [0.1, 0.15) is 0 Å². The third-order valence-electron chi connectivity index (χ3n) is 1.67. The highest BCUT2D eigenvalue weighted by molar-refractivity contribution is 6.28. The van der Waals surface area contributed by atoms with Crippen molar-refractivity contribution in [2.24, 2.45) is 0 Å². The first-order chi connectivity index (χ1) is 8.28. The van der Waals surface area contributed by atoms with Gasteiger partial charge in [-0.2, -0.15) is 19.9 Å². The number of hydrogen-bond acceptors (Lipinski definition) is 8. The fourth-order valence-corrected chi connectivity index (χ4v) is 1.19. The Labute approximate surface area is 101 Å². The van der Waals surface area contributed by atoms with Gasteiger partial charge >= 0.3 is 6.01 Å². The molecule has 0 saturated carbocycles. The van der Waals surface area contributed by atoms with Crippen LogP contribution in [-0.4, -0.2) is 31.7 Å². The van der Waals surface area contributed by atoms with E-state index in [0.717, 1.165) is 0 Å². The molecule has 0 aliphatic heterocycles. The lowest BCUT2D eigenvalue weighted by Gasteiger charge is -2.04. The summed E-state index contributed by atoms with van der Waals surface area (Å²) in [7, 11) is 0. The number of hydrogen-bond donors (Lipinski definition) is 1. The van der Waals surface area contributed by atoms with Crippen LogP contribution in [0.4, 0.5) is 5.95 Å². The molecular weight excluding hydrogens is 248 g/mol. The van der Waals surface area contributed by atoms with Crippen molar-refractivity contribution in [2.45, 2.75) is 13.5 Å². The normalized spacial score (nSPS) is 10.2. The second-order valence-corrected chi connectivity index (χ2v) is 3.18. The van der Waals surface area contributed by atoms with Crippen molar-refractivity contribution < 1.29 is 9.26 Å². The van der Waals surface area contributed by atoms with Crippen molar-refractivity contribution in [3.8, 4) is 6.01 Å². The van der Waals surface area contributed by atoms with Crippen LogP contribution in [0.25, 0.3) is 0 Å². The molecule has 0 atom stereocenters. The SMILES string of the molecule is CCOc1nc(Cl)nc(NCc2ncon2)n1. The Morgan fingerprint density at radius 2 is 2.29 bits per heavy atom. The summed E-state index contributed by atoms with van der Waals surface area (Å²) < 4.78 is 9.71. The van der Waals surface area contributed by atoms with Crippen LogP contribution in [0.5, 0.6) is 6.01 Å². The zero-order valence-corrected chi connectivity index (χ0v) is 9.68. The van der Waals surface area contributed by atoms with Crippen LogP contribution < -0.4 is 10.1 Å². The fourth-order valence-electron chi connectivity index (χ4n) is 1.03. The molecule has 8 nitrogen and oxygen atoms in total. The van der Waals surface area contributed by atoms with E-state index in [9.17, 15) is 0 Å². The highest BCUT2D eigenvalue weighted by Gasteiger charge is 2.06. The molecule has 0 saturated heterocycles. The first-order valence-corrected chi connectivity index (χ1v) is 5.19. The molecule has 0 fully saturated rings. The van der Waals surface area contributed by atoms with Gasteiger partial charge in [-0.05, 0) is 18.5 Å². The quantitative estimate of drug-likeness (QED) is 0.843. The molecule has 0 aliphatic rings. The van der Waals surface area contributed by atoms with E-state index < -0.39 is 0 Å². The highest BCUT2D eigenvalue weighted by atomic mass is 35.5. The predicted molar refractivity (Wildman–Crippen MR) is 57.6 cm³/mol. The zero-order chi connectivity index (χ0) is 12.1. The average molecular weight is 257 g/mol. The van der Waals surface area contributed by atoms with Crippen LogP contribution in [0, 0.1) is 0 Å². The molecule has 2 heterocycles. The minimum absolute atomic E-state index is 0.0547. The number of nitrogens with zero attached hydrogens (tertiary/aromatic N) is 5. The predicted octanol–water partition coefficient (Wildman–Crippen LogP) is 0.919. The average Bonchev–Trinajstić information content (AvgIpc) is 2.79. The van der Waals surface area contributed by atoms with Gasteiger partial charge in [-0.25, -0.2) is 0 Å². The van der Waals surface area contributed by atoms with Crippen molar-refractivity contribution in [3.63, 3.8) is 0 Å². The van der Waals surface area contributed by atoms with Crippen LogP contribution in [-0.2, 0) is 6.54 Å². The first kappa shape index (κ1) is 11.5. The Balaban J connectivity index is 2.04. The summed E-state index contributed by atoms with van der Waals surface area (Å²) in [5.74, 6) is 0.776. The second-order valence-electron chi connectivity index (χ2n) is 2.84. The monoisotopic (exact) mass is 256 g/mol. The first-order valence-electron chi connectivity index (χ1n) is 4.81. The molecule has 90 valence electrons. The van der Waals surface area contributed by atoms with E-state index in [1.807, 2.05) is 6.92 Å². The summed E-state index contributed by atoms with van der Waals surface area (Å²) in [6.45, 7) is 2.59. The highest BCUT2D eigenvalue weighted by Crippen LogP contribution is 2.11. The standard InChI is InChI=1S/C8H9ClN6O2/c1-2-16-8-13-6(9)12-7(14-8)10-3-5-11-4-17-15-5/h4H,2-3H2,1H3,(H,10,12,13,14). The van der Waals surface area contributed by atoms with Crippen molar-refractivity contribution >= 4 is 17.5 Å². The number of halogens is 1. The van der Waals surface area contributed by atoms with Gasteiger partial charge in [0.05, 0.1) is 13.2 Å². The summed E-state index contributed by atoms with van der Waals surface area (Å²) in [5, 5.41) is 6.56. The van der Waals surface area contributed by atoms with E-state index in [1.54, 1.807) is 0 Å². The third-order valence-corrected chi connectivity index (χ3v) is 1.84. The van der Waals surface area contributed by atoms with Gasteiger partial charge in [0.25, 0.3) is 0 Å². The third kappa shape index (κ3) is 3.25. The lowest BCUT2D eigenvalue weighted by molar-refractivity contribution is 0.312. The van der Waals surface area contributed by atoms with Crippen LogP contribution in [0.2, 0.25) is 5.28 Å². The number of ether oxygens (including phenoxy) is 1. The lowest BCUT2D eigenvalue weighted by Crippen LogP contribution is -2.07. The maximum atomic E-state index is 5.71. The molecule has 0 amide bonds. The number of anilines is 1. The smallest absolute Gasteiger partial charge is 0.322 e. The van der Waals surface area contributed by atoms with E-state index in [0.29, 0.717) is 24.9 Å². The Hall–Kier alpha value is -1.96. The van der Waals surface area contributed by atoms with Gasteiger partial charge in [0.2, 0.25) is 17.6 Å². The molecule has 2 aromatic rings. The Bertz CT molecular complexity index is 477. The largest absolute Gasteiger partial charge is 0.464 e. The summed E-state index contributed by atoms with van der Waals surface area (Å²) in [6, 6.07) is 0.170. The Kier molecular flexibility index (Phi) is 3.66. The second kappa shape index (κ2) is 5.39. The summed E-state index contributed by atoms with van der Waals surface area (Å²) in [6.07, 6.45) is 1.24. The molecule has 0 bridgehead atoms. The lowest BCUT2D eigenvalue weighted by atomic mass is 10.6. The van der Waals surface area contributed by atoms with E-state index in [4.69, 9.17) is 16.3 Å². The van der Waals surface area contributed by atoms with Gasteiger partial charge in [-0.3, -0.25) is 0 Å². The van der Waals surface area contributed by atoms with Crippen LogP contribution in [0.3, 0.4) is 0 Å². The Morgan fingerprint density at radius 1 is 1.41 bits per heavy atom. The fraction of sp³-hybridized carbons (Fsp3) is 0.375. The molecule has 0 aromatic carbocycles. The Morgan fingerprint density at radius 3 is 3.00 bits per heavy atom. The van der Waals surface area contributed by atoms with E-state index in [-0.39, 0.29) is 11.3 Å². The van der Waals surface area contributed by atoms with Crippen LogP contribution >= 0.6 is 11.6 Å². The van der Waals surface area contributed by atoms with E-state index >= 15 is 0 Å². The minimum Gasteiger partial charge on any atom is -0.464 e. The summed E-state index contributed by atoms with van der Waals surface area (Å²) in [4.78, 5) is 15.5. The maximum Gasteiger partial charge on any atom is 0.322 e. The van der Waals surface area contributed by atoms with Gasteiger partial charge in [0.15, 0.2) is 5.82 Å². The molecule has 0 unspecified atom stereocenters. The van der Waals surface area contributed by atoms with Crippen molar-refractivity contribution in [3.05, 3.63) is 17.5 Å². The topological polar surface area (TPSA) is 98.9 Å². The molecule has 0 spiro atoms.